The van der Waals surface area contributed by atoms with E-state index in [1.165, 1.54) is 12.3 Å². The van der Waals surface area contributed by atoms with Gasteiger partial charge in [-0.2, -0.15) is 0 Å². The number of hydrogen-bond donors (Lipinski definition) is 3. The largest absolute Gasteiger partial charge is 0.506 e. The Kier molecular flexibility index (Phi) is 5.27. The molecule has 150 valence electrons. The van der Waals surface area contributed by atoms with Crippen LogP contribution in [-0.4, -0.2) is 31.3 Å². The third-order valence-corrected chi connectivity index (χ3v) is 5.73. The van der Waals surface area contributed by atoms with Crippen molar-refractivity contribution in [1.29, 1.82) is 0 Å². The number of nitro benzene ring substituents is 1. The van der Waals surface area contributed by atoms with Crippen molar-refractivity contribution < 1.29 is 15.1 Å². The van der Waals surface area contributed by atoms with Crippen LogP contribution in [0.2, 0.25) is 0 Å². The molecule has 0 spiro atoms. The lowest BCUT2D eigenvalue weighted by Crippen LogP contribution is -1.92. The molecule has 4 aromatic rings. The summed E-state index contributed by atoms with van der Waals surface area (Å²) in [4.78, 5) is 22.8. The van der Waals surface area contributed by atoms with Gasteiger partial charge in [0.05, 0.1) is 31.7 Å². The molecule has 0 aliphatic rings. The van der Waals surface area contributed by atoms with Gasteiger partial charge in [0.1, 0.15) is 21.8 Å². The fourth-order valence-electron chi connectivity index (χ4n) is 2.89. The lowest BCUT2D eigenvalue weighted by molar-refractivity contribution is -0.384. The highest BCUT2D eigenvalue weighted by molar-refractivity contribution is 9.11. The summed E-state index contributed by atoms with van der Waals surface area (Å²) in [6.45, 7) is 0. The van der Waals surface area contributed by atoms with Gasteiger partial charge < -0.3 is 15.2 Å². The quantitative estimate of drug-likeness (QED) is 0.174. The summed E-state index contributed by atoms with van der Waals surface area (Å²) in [7, 11) is 0. The Morgan fingerprint density at radius 1 is 1.10 bits per heavy atom. The van der Waals surface area contributed by atoms with E-state index in [9.17, 15) is 20.3 Å². The maximum Gasteiger partial charge on any atom is 0.280 e. The van der Waals surface area contributed by atoms with Gasteiger partial charge >= 0.3 is 0 Å². The molecular weight excluding hydrogens is 520 g/mol. The SMILES string of the molecule is O=[N+]([O-])c1ccccc1-c1nc2cc(/N=C/c3cc(Br)c(O)c(Br)c3O)ccc2[nH]1. The van der Waals surface area contributed by atoms with E-state index < -0.39 is 4.92 Å². The molecule has 3 aromatic carbocycles. The summed E-state index contributed by atoms with van der Waals surface area (Å²) in [5, 5.41) is 31.3. The average Bonchev–Trinajstić information content (AvgIpc) is 3.17. The highest BCUT2D eigenvalue weighted by atomic mass is 79.9. The van der Waals surface area contributed by atoms with Crippen molar-refractivity contribution in [3.8, 4) is 22.9 Å². The van der Waals surface area contributed by atoms with Crippen molar-refractivity contribution in [3.63, 3.8) is 0 Å². The number of halogens is 2. The minimum absolute atomic E-state index is 0.0336. The first-order valence-electron chi connectivity index (χ1n) is 8.52. The summed E-state index contributed by atoms with van der Waals surface area (Å²) in [6, 6.07) is 13.2. The van der Waals surface area contributed by atoms with Crippen LogP contribution < -0.4 is 0 Å². The molecule has 0 saturated heterocycles. The van der Waals surface area contributed by atoms with Gasteiger partial charge in [0.15, 0.2) is 0 Å². The Morgan fingerprint density at radius 3 is 2.63 bits per heavy atom. The fourth-order valence-corrected chi connectivity index (χ4v) is 4.05. The maximum absolute atomic E-state index is 11.3. The van der Waals surface area contributed by atoms with Crippen molar-refractivity contribution in [2.24, 2.45) is 4.99 Å². The first-order chi connectivity index (χ1) is 14.3. The molecule has 1 aromatic heterocycles. The van der Waals surface area contributed by atoms with E-state index in [2.05, 4.69) is 46.8 Å². The van der Waals surface area contributed by atoms with Crippen LogP contribution in [0.1, 0.15) is 5.56 Å². The van der Waals surface area contributed by atoms with Gasteiger partial charge in [-0.05, 0) is 62.2 Å². The molecule has 8 nitrogen and oxygen atoms in total. The number of aliphatic imine (C=N–C) groups is 1. The van der Waals surface area contributed by atoms with Gasteiger partial charge in [-0.3, -0.25) is 15.1 Å². The van der Waals surface area contributed by atoms with Crippen LogP contribution in [0.4, 0.5) is 11.4 Å². The van der Waals surface area contributed by atoms with Crippen molar-refractivity contribution in [1.82, 2.24) is 9.97 Å². The topological polar surface area (TPSA) is 125 Å². The summed E-state index contributed by atoms with van der Waals surface area (Å²) >= 11 is 6.34. The van der Waals surface area contributed by atoms with Gasteiger partial charge in [0.25, 0.3) is 5.69 Å². The van der Waals surface area contributed by atoms with Gasteiger partial charge in [0.2, 0.25) is 0 Å². The van der Waals surface area contributed by atoms with Crippen LogP contribution >= 0.6 is 31.9 Å². The fraction of sp³-hybridized carbons (Fsp3) is 0. The molecule has 0 saturated carbocycles. The van der Waals surface area contributed by atoms with Crippen LogP contribution in [0.25, 0.3) is 22.4 Å². The van der Waals surface area contributed by atoms with E-state index in [0.717, 1.165) is 0 Å². The first-order valence-corrected chi connectivity index (χ1v) is 10.1. The molecule has 0 radical (unpaired) electrons. The lowest BCUT2D eigenvalue weighted by Gasteiger charge is -2.06. The van der Waals surface area contributed by atoms with Gasteiger partial charge in [-0.25, -0.2) is 4.98 Å². The van der Waals surface area contributed by atoms with Gasteiger partial charge in [-0.15, -0.1) is 0 Å². The number of fused-ring (bicyclic) bond motifs is 1. The highest BCUT2D eigenvalue weighted by Crippen LogP contribution is 2.40. The Balaban J connectivity index is 1.71. The zero-order valence-electron chi connectivity index (χ0n) is 15.0. The van der Waals surface area contributed by atoms with Crippen LogP contribution in [0.3, 0.4) is 0 Å². The van der Waals surface area contributed by atoms with Gasteiger partial charge in [0, 0.05) is 17.8 Å². The second kappa shape index (κ2) is 7.88. The number of hydrogen-bond acceptors (Lipinski definition) is 6. The third kappa shape index (κ3) is 3.66. The lowest BCUT2D eigenvalue weighted by atomic mass is 10.2. The van der Waals surface area contributed by atoms with Crippen LogP contribution in [0.5, 0.6) is 11.5 Å². The second-order valence-corrected chi connectivity index (χ2v) is 7.93. The number of aromatic hydroxyl groups is 2. The van der Waals surface area contributed by atoms with E-state index >= 15 is 0 Å². The number of imidazole rings is 1. The summed E-state index contributed by atoms with van der Waals surface area (Å²) < 4.78 is 0.570. The standard InChI is InChI=1S/C20H12Br2N4O4/c21-13-7-10(18(27)17(22)19(13)28)9-23-11-5-6-14-15(8-11)25-20(24-14)12-3-1-2-4-16(12)26(29)30/h1-9,27-28H,(H,24,25)/b23-9+. The molecule has 10 heteroatoms. The number of nitrogens with zero attached hydrogens (tertiary/aromatic N) is 3. The first kappa shape index (κ1) is 20.0. The van der Waals surface area contributed by atoms with Crippen molar-refractivity contribution in [2.75, 3.05) is 0 Å². The molecule has 30 heavy (non-hydrogen) atoms. The summed E-state index contributed by atoms with van der Waals surface area (Å²) in [5.41, 5.74) is 2.63. The van der Waals surface area contributed by atoms with Crippen LogP contribution in [0, 0.1) is 10.1 Å². The van der Waals surface area contributed by atoms with E-state index in [4.69, 9.17) is 0 Å². The number of nitro groups is 1. The Hall–Kier alpha value is -3.24. The number of aromatic nitrogens is 2. The van der Waals surface area contributed by atoms with E-state index in [1.807, 2.05) is 0 Å². The Labute approximate surface area is 186 Å². The molecule has 0 bridgehead atoms. The average molecular weight is 532 g/mol. The molecule has 0 fully saturated rings. The number of rotatable bonds is 4. The Bertz CT molecular complexity index is 1330. The normalized spacial score (nSPS) is 11.4. The number of phenolic OH excluding ortho intramolecular Hbond substituents is 2. The van der Waals surface area contributed by atoms with Crippen LogP contribution in [0.15, 0.2) is 62.5 Å². The molecule has 0 atom stereocenters. The minimum atomic E-state index is -0.446. The molecule has 0 aliphatic carbocycles. The predicted octanol–water partition coefficient (Wildman–Crippen LogP) is 5.82. The van der Waals surface area contributed by atoms with Crippen molar-refractivity contribution in [3.05, 3.63) is 73.2 Å². The van der Waals surface area contributed by atoms with Crippen LogP contribution in [-0.2, 0) is 0 Å². The zero-order chi connectivity index (χ0) is 21.4. The number of nitrogens with one attached hydrogen (secondary N) is 1. The number of phenols is 2. The monoisotopic (exact) mass is 530 g/mol. The molecule has 1 heterocycles. The molecule has 4 rings (SSSR count). The molecule has 3 N–H and O–H groups in total. The molecule has 0 amide bonds. The molecule has 0 unspecified atom stereocenters. The van der Waals surface area contributed by atoms with Crippen molar-refractivity contribution in [2.45, 2.75) is 0 Å². The maximum atomic E-state index is 11.3. The van der Waals surface area contributed by atoms with E-state index in [0.29, 0.717) is 38.1 Å². The summed E-state index contributed by atoms with van der Waals surface area (Å²) in [6.07, 6.45) is 1.46. The molecule has 0 aliphatic heterocycles. The summed E-state index contributed by atoms with van der Waals surface area (Å²) in [5.74, 6) is 0.145. The third-order valence-electron chi connectivity index (χ3n) is 4.37. The molecular formula is C20H12Br2N4O4. The number of aromatic amines is 1. The predicted molar refractivity (Wildman–Crippen MR) is 121 cm³/mol. The van der Waals surface area contributed by atoms with Gasteiger partial charge in [-0.1, -0.05) is 12.1 Å². The number of para-hydroxylation sites is 1. The van der Waals surface area contributed by atoms with Crippen molar-refractivity contribution >= 4 is 60.5 Å². The Morgan fingerprint density at radius 2 is 1.87 bits per heavy atom. The number of benzene rings is 3. The minimum Gasteiger partial charge on any atom is -0.506 e. The zero-order valence-corrected chi connectivity index (χ0v) is 18.2. The van der Waals surface area contributed by atoms with E-state index in [1.54, 1.807) is 42.5 Å². The second-order valence-electron chi connectivity index (χ2n) is 6.28. The highest BCUT2D eigenvalue weighted by Gasteiger charge is 2.17. The van der Waals surface area contributed by atoms with E-state index in [-0.39, 0.29) is 21.7 Å². The smallest absolute Gasteiger partial charge is 0.280 e. The number of H-pyrrole nitrogens is 1.